The van der Waals surface area contributed by atoms with E-state index in [0.29, 0.717) is 32.8 Å². The highest BCUT2D eigenvalue weighted by molar-refractivity contribution is 5.96. The van der Waals surface area contributed by atoms with Crippen LogP contribution >= 0.6 is 0 Å². The van der Waals surface area contributed by atoms with E-state index in [9.17, 15) is 19.5 Å². The molecule has 148 valence electrons. The minimum atomic E-state index is -0.965. The molecule has 0 aromatic carbocycles. The molecule has 8 heteroatoms. The third kappa shape index (κ3) is 4.28. The van der Waals surface area contributed by atoms with E-state index in [1.165, 1.54) is 4.90 Å². The average Bonchev–Trinajstić information content (AvgIpc) is 2.58. The molecule has 2 aliphatic rings. The second kappa shape index (κ2) is 8.24. The zero-order chi connectivity index (χ0) is 19.6. The Morgan fingerprint density at radius 1 is 1.12 bits per heavy atom. The number of aliphatic carboxylic acids is 1. The lowest BCUT2D eigenvalue weighted by atomic mass is 9.90. The first-order valence-electron chi connectivity index (χ1n) is 9.34. The fourth-order valence-electron chi connectivity index (χ4n) is 3.75. The summed E-state index contributed by atoms with van der Waals surface area (Å²) in [5, 5.41) is 9.23. The van der Waals surface area contributed by atoms with E-state index in [0.717, 1.165) is 0 Å². The van der Waals surface area contributed by atoms with Crippen molar-refractivity contribution in [3.63, 3.8) is 0 Å². The molecule has 2 rings (SSSR count). The Kier molecular flexibility index (Phi) is 6.49. The normalized spacial score (nSPS) is 24.4. The molecule has 8 nitrogen and oxygen atoms in total. The monoisotopic (exact) mass is 369 g/mol. The number of rotatable bonds is 6. The van der Waals surface area contributed by atoms with Crippen molar-refractivity contribution in [2.75, 3.05) is 32.8 Å². The molecule has 2 saturated heterocycles. The maximum absolute atomic E-state index is 12.4. The average molecular weight is 369 g/mol. The van der Waals surface area contributed by atoms with Crippen LogP contribution in [0.25, 0.3) is 0 Å². The molecule has 0 spiro atoms. The van der Waals surface area contributed by atoms with Gasteiger partial charge in [0.15, 0.2) is 0 Å². The van der Waals surface area contributed by atoms with Gasteiger partial charge in [-0.3, -0.25) is 9.69 Å². The first-order valence-corrected chi connectivity index (χ1v) is 9.34. The summed E-state index contributed by atoms with van der Waals surface area (Å²) in [6.45, 7) is 12.3. The molecule has 2 fully saturated rings. The SMILES string of the molecule is CC(C)C(OC(=O)N1CCN(CN2C(=O)[C@H](C)[C@H]2C(=O)O)CC1)C(C)C. The summed E-state index contributed by atoms with van der Waals surface area (Å²) in [4.78, 5) is 40.7. The second-order valence-electron chi connectivity index (χ2n) is 7.96. The zero-order valence-electron chi connectivity index (χ0n) is 16.3. The molecule has 2 amide bonds. The summed E-state index contributed by atoms with van der Waals surface area (Å²) in [6.07, 6.45) is -0.411. The van der Waals surface area contributed by atoms with Crippen molar-refractivity contribution < 1.29 is 24.2 Å². The van der Waals surface area contributed by atoms with Crippen molar-refractivity contribution in [2.24, 2.45) is 17.8 Å². The Bertz CT molecular complexity index is 535. The predicted octanol–water partition coefficient (Wildman–Crippen LogP) is 1.31. The van der Waals surface area contributed by atoms with Gasteiger partial charge in [0, 0.05) is 26.2 Å². The highest BCUT2D eigenvalue weighted by Gasteiger charge is 2.49. The molecular formula is C18H31N3O5. The fourth-order valence-corrected chi connectivity index (χ4v) is 3.75. The van der Waals surface area contributed by atoms with Crippen molar-refractivity contribution >= 4 is 18.0 Å². The smallest absolute Gasteiger partial charge is 0.410 e. The summed E-state index contributed by atoms with van der Waals surface area (Å²) in [6, 6.07) is -0.747. The highest BCUT2D eigenvalue weighted by Crippen LogP contribution is 2.27. The van der Waals surface area contributed by atoms with Crippen LogP contribution in [-0.2, 0) is 14.3 Å². The first-order chi connectivity index (χ1) is 12.1. The maximum Gasteiger partial charge on any atom is 0.410 e. The van der Waals surface area contributed by atoms with E-state index < -0.39 is 17.9 Å². The topological polar surface area (TPSA) is 90.4 Å². The van der Waals surface area contributed by atoms with Gasteiger partial charge < -0.3 is 19.6 Å². The molecule has 0 saturated carbocycles. The number of carbonyl (C=O) groups excluding carboxylic acids is 2. The first kappa shape index (κ1) is 20.5. The number of amides is 2. The number of piperazine rings is 1. The van der Waals surface area contributed by atoms with Gasteiger partial charge in [-0.2, -0.15) is 0 Å². The van der Waals surface area contributed by atoms with E-state index in [1.54, 1.807) is 11.8 Å². The van der Waals surface area contributed by atoms with Gasteiger partial charge in [0.2, 0.25) is 5.91 Å². The Balaban J connectivity index is 1.83. The molecule has 0 aromatic rings. The number of ether oxygens (including phenoxy) is 1. The molecule has 26 heavy (non-hydrogen) atoms. The van der Waals surface area contributed by atoms with Crippen LogP contribution in [-0.4, -0.2) is 82.8 Å². The number of hydrogen-bond donors (Lipinski definition) is 1. The van der Waals surface area contributed by atoms with Gasteiger partial charge in [-0.1, -0.05) is 34.6 Å². The standard InChI is InChI=1S/C18H31N3O5/c1-11(2)15(12(3)4)26-18(25)20-8-6-19(7-9-20)10-21-14(17(23)24)13(5)16(21)22/h11-15H,6-10H2,1-5H3,(H,23,24)/t13-,14+/m1/s1. The van der Waals surface area contributed by atoms with E-state index in [-0.39, 0.29) is 29.9 Å². The van der Waals surface area contributed by atoms with E-state index in [1.807, 2.05) is 32.6 Å². The van der Waals surface area contributed by atoms with Crippen LogP contribution in [0.15, 0.2) is 0 Å². The lowest BCUT2D eigenvalue weighted by Gasteiger charge is -2.46. The van der Waals surface area contributed by atoms with Gasteiger partial charge in [0.05, 0.1) is 12.6 Å². The Hall–Kier alpha value is -1.83. The van der Waals surface area contributed by atoms with Gasteiger partial charge in [0.25, 0.3) is 0 Å². The predicted molar refractivity (Wildman–Crippen MR) is 95.4 cm³/mol. The lowest BCUT2D eigenvalue weighted by Crippen LogP contribution is -2.66. The molecule has 2 heterocycles. The molecule has 2 aliphatic heterocycles. The Labute approximate surface area is 155 Å². The summed E-state index contributed by atoms with van der Waals surface area (Å²) in [7, 11) is 0. The van der Waals surface area contributed by atoms with E-state index in [2.05, 4.69) is 0 Å². The summed E-state index contributed by atoms with van der Waals surface area (Å²) in [5.41, 5.74) is 0. The lowest BCUT2D eigenvalue weighted by molar-refractivity contribution is -0.173. The van der Waals surface area contributed by atoms with Crippen molar-refractivity contribution in [1.82, 2.24) is 14.7 Å². The number of β-lactam (4-membered cyclic amide) rings is 1. The summed E-state index contributed by atoms with van der Waals surface area (Å²) in [5.74, 6) is -1.04. The third-order valence-corrected chi connectivity index (χ3v) is 5.27. The third-order valence-electron chi connectivity index (χ3n) is 5.27. The number of carboxylic acid groups (broad SMARTS) is 1. The Morgan fingerprint density at radius 2 is 1.65 bits per heavy atom. The van der Waals surface area contributed by atoms with Crippen LogP contribution in [0.4, 0.5) is 4.79 Å². The number of nitrogens with zero attached hydrogens (tertiary/aromatic N) is 3. The minimum absolute atomic E-state index is 0.114. The number of carboxylic acids is 1. The van der Waals surface area contributed by atoms with Gasteiger partial charge in [-0.15, -0.1) is 0 Å². The maximum atomic E-state index is 12.4. The molecule has 0 radical (unpaired) electrons. The molecule has 0 bridgehead atoms. The van der Waals surface area contributed by atoms with Crippen molar-refractivity contribution in [2.45, 2.75) is 46.8 Å². The zero-order valence-corrected chi connectivity index (χ0v) is 16.3. The van der Waals surface area contributed by atoms with Crippen LogP contribution in [0.2, 0.25) is 0 Å². The number of carbonyl (C=O) groups is 3. The molecule has 0 aromatic heterocycles. The van der Waals surface area contributed by atoms with Gasteiger partial charge in [0.1, 0.15) is 12.1 Å². The second-order valence-corrected chi connectivity index (χ2v) is 7.96. The van der Waals surface area contributed by atoms with Crippen LogP contribution < -0.4 is 0 Å². The molecule has 0 unspecified atom stereocenters. The van der Waals surface area contributed by atoms with Gasteiger partial charge >= 0.3 is 12.1 Å². The van der Waals surface area contributed by atoms with Crippen molar-refractivity contribution in [3.05, 3.63) is 0 Å². The van der Waals surface area contributed by atoms with Crippen LogP contribution in [0.1, 0.15) is 34.6 Å². The summed E-state index contributed by atoms with van der Waals surface area (Å²) < 4.78 is 5.67. The molecule has 1 N–H and O–H groups in total. The fraction of sp³-hybridized carbons (Fsp3) is 0.833. The van der Waals surface area contributed by atoms with E-state index in [4.69, 9.17) is 4.74 Å². The number of hydrogen-bond acceptors (Lipinski definition) is 5. The van der Waals surface area contributed by atoms with Gasteiger partial charge in [-0.25, -0.2) is 9.59 Å². The summed E-state index contributed by atoms with van der Waals surface area (Å²) >= 11 is 0. The van der Waals surface area contributed by atoms with Crippen LogP contribution in [0.5, 0.6) is 0 Å². The van der Waals surface area contributed by atoms with Crippen LogP contribution in [0, 0.1) is 17.8 Å². The van der Waals surface area contributed by atoms with Crippen molar-refractivity contribution in [3.8, 4) is 0 Å². The quantitative estimate of drug-likeness (QED) is 0.710. The van der Waals surface area contributed by atoms with Crippen molar-refractivity contribution in [1.29, 1.82) is 0 Å². The Morgan fingerprint density at radius 3 is 2.12 bits per heavy atom. The van der Waals surface area contributed by atoms with E-state index >= 15 is 0 Å². The largest absolute Gasteiger partial charge is 0.480 e. The minimum Gasteiger partial charge on any atom is -0.480 e. The molecule has 2 atom stereocenters. The van der Waals surface area contributed by atoms with Gasteiger partial charge in [-0.05, 0) is 11.8 Å². The highest BCUT2D eigenvalue weighted by atomic mass is 16.6. The molecule has 0 aliphatic carbocycles. The number of likely N-dealkylation sites (tertiary alicyclic amines) is 1. The molecular weight excluding hydrogens is 338 g/mol. The van der Waals surface area contributed by atoms with Crippen LogP contribution in [0.3, 0.4) is 0 Å².